The fraction of sp³-hybridized carbons (Fsp3) is 0.316. The molecule has 1 heterocycles. The number of carbonyl (C=O) groups is 1. The van der Waals surface area contributed by atoms with Gasteiger partial charge in [0.05, 0.1) is 11.5 Å². The minimum atomic E-state index is -3.50. The van der Waals surface area contributed by atoms with Crippen LogP contribution in [0.3, 0.4) is 0 Å². The Hall–Kier alpha value is -2.38. The summed E-state index contributed by atoms with van der Waals surface area (Å²) in [7, 11) is -3.50. The van der Waals surface area contributed by atoms with E-state index in [9.17, 15) is 13.2 Å². The summed E-state index contributed by atoms with van der Waals surface area (Å²) in [5.74, 6) is 1.07. The maximum atomic E-state index is 12.4. The fourth-order valence-electron chi connectivity index (χ4n) is 2.88. The van der Waals surface area contributed by atoms with Crippen LogP contribution in [0.25, 0.3) is 0 Å². The lowest BCUT2D eigenvalue weighted by Crippen LogP contribution is -2.25. The third-order valence-electron chi connectivity index (χ3n) is 4.63. The Morgan fingerprint density at radius 1 is 1.12 bits per heavy atom. The highest BCUT2D eigenvalue weighted by Gasteiger charge is 2.24. The Morgan fingerprint density at radius 3 is 2.62 bits per heavy atom. The lowest BCUT2D eigenvalue weighted by molar-refractivity contribution is 0.102. The Kier molecular flexibility index (Phi) is 4.42. The van der Waals surface area contributed by atoms with Crippen molar-refractivity contribution in [2.45, 2.75) is 24.2 Å². The average Bonchev–Trinajstić information content (AvgIpc) is 3.35. The number of benzene rings is 2. The van der Waals surface area contributed by atoms with Crippen molar-refractivity contribution in [3.8, 4) is 5.75 Å². The van der Waals surface area contributed by atoms with Crippen LogP contribution in [-0.2, 0) is 16.4 Å². The molecule has 0 atom stereocenters. The Balaban J connectivity index is 1.42. The van der Waals surface area contributed by atoms with Crippen LogP contribution in [0, 0.1) is 5.92 Å². The third-order valence-corrected chi connectivity index (χ3v) is 6.07. The maximum Gasteiger partial charge on any atom is 0.255 e. The van der Waals surface area contributed by atoms with Gasteiger partial charge in [0.25, 0.3) is 5.91 Å². The molecule has 4 rings (SSSR count). The van der Waals surface area contributed by atoms with Crippen molar-refractivity contribution in [2.75, 3.05) is 18.5 Å². The van der Waals surface area contributed by atoms with Gasteiger partial charge in [0, 0.05) is 24.2 Å². The summed E-state index contributed by atoms with van der Waals surface area (Å²) in [4.78, 5) is 12.6. The normalized spacial score (nSPS) is 16.0. The molecule has 2 aliphatic rings. The van der Waals surface area contributed by atoms with Crippen molar-refractivity contribution in [3.05, 3.63) is 53.6 Å². The molecule has 26 heavy (non-hydrogen) atoms. The van der Waals surface area contributed by atoms with Gasteiger partial charge in [0.2, 0.25) is 10.0 Å². The van der Waals surface area contributed by atoms with Gasteiger partial charge >= 0.3 is 0 Å². The lowest BCUT2D eigenvalue weighted by atomic mass is 10.1. The second-order valence-corrected chi connectivity index (χ2v) is 8.46. The number of amides is 1. The first-order chi connectivity index (χ1) is 12.5. The van der Waals surface area contributed by atoms with Crippen molar-refractivity contribution in [1.82, 2.24) is 4.72 Å². The van der Waals surface area contributed by atoms with E-state index in [4.69, 9.17) is 4.74 Å². The Labute approximate surface area is 152 Å². The summed E-state index contributed by atoms with van der Waals surface area (Å²) in [5.41, 5.74) is 2.13. The Bertz CT molecular complexity index is 935. The molecule has 0 aromatic heterocycles. The highest BCUT2D eigenvalue weighted by Crippen LogP contribution is 2.28. The van der Waals surface area contributed by atoms with Crippen LogP contribution in [0.5, 0.6) is 5.75 Å². The van der Waals surface area contributed by atoms with E-state index in [-0.39, 0.29) is 10.8 Å². The van der Waals surface area contributed by atoms with Gasteiger partial charge in [0.1, 0.15) is 5.75 Å². The summed E-state index contributed by atoms with van der Waals surface area (Å²) in [5, 5.41) is 2.79. The molecule has 7 heteroatoms. The quantitative estimate of drug-likeness (QED) is 0.816. The van der Waals surface area contributed by atoms with E-state index in [1.54, 1.807) is 24.3 Å². The Morgan fingerprint density at radius 2 is 1.88 bits per heavy atom. The number of fused-ring (bicyclic) bond motifs is 1. The smallest absolute Gasteiger partial charge is 0.255 e. The zero-order valence-corrected chi connectivity index (χ0v) is 15.0. The van der Waals surface area contributed by atoms with Crippen LogP contribution in [0.15, 0.2) is 47.4 Å². The molecule has 6 nitrogen and oxygen atoms in total. The number of hydrogen-bond acceptors (Lipinski definition) is 4. The average molecular weight is 372 g/mol. The molecular formula is C19H20N2O4S. The van der Waals surface area contributed by atoms with Crippen molar-refractivity contribution in [3.63, 3.8) is 0 Å². The van der Waals surface area contributed by atoms with Gasteiger partial charge in [-0.25, -0.2) is 13.1 Å². The van der Waals surface area contributed by atoms with Crippen LogP contribution in [0.4, 0.5) is 5.69 Å². The monoisotopic (exact) mass is 372 g/mol. The molecule has 1 aliphatic carbocycles. The summed E-state index contributed by atoms with van der Waals surface area (Å²) >= 11 is 0. The maximum absolute atomic E-state index is 12.4. The van der Waals surface area contributed by atoms with E-state index < -0.39 is 10.0 Å². The van der Waals surface area contributed by atoms with Crippen LogP contribution in [-0.4, -0.2) is 27.5 Å². The molecule has 1 fully saturated rings. The molecule has 0 unspecified atom stereocenters. The number of hydrogen-bond donors (Lipinski definition) is 2. The highest BCUT2D eigenvalue weighted by atomic mass is 32.2. The molecule has 0 bridgehead atoms. The molecule has 1 saturated carbocycles. The minimum Gasteiger partial charge on any atom is -0.493 e. The second-order valence-electron chi connectivity index (χ2n) is 6.69. The zero-order chi connectivity index (χ0) is 18.1. The first kappa shape index (κ1) is 17.1. The van der Waals surface area contributed by atoms with E-state index in [0.717, 1.165) is 30.6 Å². The van der Waals surface area contributed by atoms with E-state index in [2.05, 4.69) is 10.0 Å². The van der Waals surface area contributed by atoms with Crippen molar-refractivity contribution >= 4 is 21.6 Å². The van der Waals surface area contributed by atoms with Gasteiger partial charge in [0.15, 0.2) is 0 Å². The van der Waals surface area contributed by atoms with Crippen molar-refractivity contribution in [1.29, 1.82) is 0 Å². The summed E-state index contributed by atoms with van der Waals surface area (Å²) in [6.07, 6.45) is 2.97. The molecule has 0 saturated heterocycles. The van der Waals surface area contributed by atoms with E-state index >= 15 is 0 Å². The standard InChI is InChI=1S/C19H20N2O4S/c22-19(15-3-8-18-14(11-15)9-10-25-18)21-16-4-6-17(7-5-16)26(23,24)20-12-13-1-2-13/h3-8,11,13,20H,1-2,9-10,12H2,(H,21,22). The number of anilines is 1. The molecular weight excluding hydrogens is 352 g/mol. The molecule has 1 aliphatic heterocycles. The number of rotatable bonds is 6. The van der Waals surface area contributed by atoms with Gasteiger partial charge < -0.3 is 10.1 Å². The molecule has 1 amide bonds. The van der Waals surface area contributed by atoms with E-state index in [1.807, 2.05) is 6.07 Å². The van der Waals surface area contributed by atoms with E-state index in [0.29, 0.717) is 30.3 Å². The molecule has 136 valence electrons. The van der Waals surface area contributed by atoms with Crippen LogP contribution < -0.4 is 14.8 Å². The fourth-order valence-corrected chi connectivity index (χ4v) is 4.00. The molecule has 2 N–H and O–H groups in total. The lowest BCUT2D eigenvalue weighted by Gasteiger charge is -2.09. The van der Waals surface area contributed by atoms with Gasteiger partial charge in [-0.15, -0.1) is 0 Å². The molecule has 0 spiro atoms. The second kappa shape index (κ2) is 6.74. The zero-order valence-electron chi connectivity index (χ0n) is 14.2. The van der Waals surface area contributed by atoms with Gasteiger partial charge in [-0.1, -0.05) is 0 Å². The highest BCUT2D eigenvalue weighted by molar-refractivity contribution is 7.89. The summed E-state index contributed by atoms with van der Waals surface area (Å²) in [6, 6.07) is 11.6. The number of carbonyl (C=O) groups excluding carboxylic acids is 1. The molecule has 0 radical (unpaired) electrons. The van der Waals surface area contributed by atoms with Crippen LogP contribution in [0.1, 0.15) is 28.8 Å². The predicted molar refractivity (Wildman–Crippen MR) is 97.9 cm³/mol. The largest absolute Gasteiger partial charge is 0.493 e. The first-order valence-corrected chi connectivity index (χ1v) is 10.2. The predicted octanol–water partition coefficient (Wildman–Crippen LogP) is 2.56. The molecule has 2 aromatic carbocycles. The van der Waals surface area contributed by atoms with Crippen molar-refractivity contribution < 1.29 is 17.9 Å². The van der Waals surface area contributed by atoms with E-state index in [1.165, 1.54) is 12.1 Å². The summed E-state index contributed by atoms with van der Waals surface area (Å²) < 4.78 is 32.5. The van der Waals surface area contributed by atoms with Crippen LogP contribution in [0.2, 0.25) is 0 Å². The minimum absolute atomic E-state index is 0.200. The number of ether oxygens (including phenoxy) is 1. The van der Waals surface area contributed by atoms with Gasteiger partial charge in [-0.3, -0.25) is 4.79 Å². The first-order valence-electron chi connectivity index (χ1n) is 8.68. The molecule has 2 aromatic rings. The number of nitrogens with one attached hydrogen (secondary N) is 2. The summed E-state index contributed by atoms with van der Waals surface area (Å²) in [6.45, 7) is 1.13. The van der Waals surface area contributed by atoms with Crippen molar-refractivity contribution in [2.24, 2.45) is 5.92 Å². The van der Waals surface area contributed by atoms with Crippen LogP contribution >= 0.6 is 0 Å². The third kappa shape index (κ3) is 3.73. The SMILES string of the molecule is O=C(Nc1ccc(S(=O)(=O)NCC2CC2)cc1)c1ccc2c(c1)CCO2. The van der Waals surface area contributed by atoms with Gasteiger partial charge in [-0.05, 0) is 66.8 Å². The van der Waals surface area contributed by atoms with Gasteiger partial charge in [-0.2, -0.15) is 0 Å². The topological polar surface area (TPSA) is 84.5 Å². The number of sulfonamides is 1.